The van der Waals surface area contributed by atoms with E-state index in [1.165, 1.54) is 11.8 Å². The van der Waals surface area contributed by atoms with E-state index in [4.69, 9.17) is 16.6 Å². The summed E-state index contributed by atoms with van der Waals surface area (Å²) in [6.45, 7) is 0. The van der Waals surface area contributed by atoms with Gasteiger partial charge in [-0.15, -0.1) is 0 Å². The van der Waals surface area contributed by atoms with Gasteiger partial charge in [-0.2, -0.15) is 11.8 Å². The lowest BCUT2D eigenvalue weighted by Crippen LogP contribution is -2.57. The number of benzene rings is 1. The van der Waals surface area contributed by atoms with Crippen molar-refractivity contribution in [1.82, 2.24) is 16.0 Å². The molecule has 0 radical (unpaired) electrons. The second-order valence-corrected chi connectivity index (χ2v) is 9.19. The average Bonchev–Trinajstić information content (AvgIpc) is 2.83. The fourth-order valence-corrected chi connectivity index (χ4v) is 3.69. The molecule has 1 aromatic carbocycles. The van der Waals surface area contributed by atoms with E-state index in [-0.39, 0.29) is 25.7 Å². The third-order valence-corrected chi connectivity index (χ3v) is 5.83. The summed E-state index contributed by atoms with van der Waals surface area (Å²) in [5.74, 6) is -5.68. The van der Waals surface area contributed by atoms with Gasteiger partial charge < -0.3 is 37.6 Å². The monoisotopic (exact) mass is 539 g/mol. The van der Waals surface area contributed by atoms with Crippen LogP contribution in [-0.4, -0.2) is 82.0 Å². The van der Waals surface area contributed by atoms with Crippen LogP contribution in [0.25, 0.3) is 0 Å². The van der Waals surface area contributed by atoms with Crippen LogP contribution in [0.2, 0.25) is 0 Å². The molecule has 1 rings (SSSR count). The van der Waals surface area contributed by atoms with Crippen LogP contribution in [0.15, 0.2) is 30.3 Å². The van der Waals surface area contributed by atoms with Crippen LogP contribution in [0.3, 0.4) is 0 Å². The van der Waals surface area contributed by atoms with E-state index in [9.17, 15) is 33.9 Å². The Bertz CT molecular complexity index is 962. The van der Waals surface area contributed by atoms with Gasteiger partial charge in [0.2, 0.25) is 23.6 Å². The van der Waals surface area contributed by atoms with Crippen LogP contribution in [0.1, 0.15) is 31.2 Å². The number of rotatable bonds is 17. The zero-order chi connectivity index (χ0) is 28.0. The number of carboxylic acid groups (broad SMARTS) is 2. The van der Waals surface area contributed by atoms with E-state index in [0.29, 0.717) is 5.75 Å². The fraction of sp³-hybridized carbons (Fsp3) is 0.478. The molecule has 13 nitrogen and oxygen atoms in total. The van der Waals surface area contributed by atoms with Crippen LogP contribution < -0.4 is 27.4 Å². The first kappa shape index (κ1) is 31.4. The Kier molecular flexibility index (Phi) is 13.7. The predicted octanol–water partition coefficient (Wildman–Crippen LogP) is -1.41. The zero-order valence-electron chi connectivity index (χ0n) is 20.3. The standard InChI is InChI=1S/C23H33N5O8S/c1-37-10-9-16(22(34)28-17(23(35)36)12-19(30)31)27-21(33)15(7-8-18(25)29)26-20(32)14(24)11-13-5-3-2-4-6-13/h2-6,14-17H,7-12,24H2,1H3,(H2,25,29)(H,26,32)(H,27,33)(H,28,34)(H,30,31)(H,35,36). The summed E-state index contributed by atoms with van der Waals surface area (Å²) in [4.78, 5) is 72.0. The van der Waals surface area contributed by atoms with Crippen molar-refractivity contribution in [3.63, 3.8) is 0 Å². The summed E-state index contributed by atoms with van der Waals surface area (Å²) in [6, 6.07) is 3.74. The van der Waals surface area contributed by atoms with Gasteiger partial charge in [0.25, 0.3) is 0 Å². The molecular weight excluding hydrogens is 506 g/mol. The first-order chi connectivity index (χ1) is 17.4. The van der Waals surface area contributed by atoms with Crippen molar-refractivity contribution in [1.29, 1.82) is 0 Å². The van der Waals surface area contributed by atoms with Gasteiger partial charge in [-0.25, -0.2) is 4.79 Å². The molecule has 0 fully saturated rings. The molecule has 37 heavy (non-hydrogen) atoms. The largest absolute Gasteiger partial charge is 0.481 e. The Morgan fingerprint density at radius 2 is 1.41 bits per heavy atom. The van der Waals surface area contributed by atoms with E-state index in [2.05, 4.69) is 16.0 Å². The molecule has 0 aliphatic carbocycles. The predicted molar refractivity (Wildman–Crippen MR) is 135 cm³/mol. The lowest BCUT2D eigenvalue weighted by Gasteiger charge is -2.25. The summed E-state index contributed by atoms with van der Waals surface area (Å²) in [5, 5.41) is 25.2. The number of nitrogens with two attached hydrogens (primary N) is 2. The van der Waals surface area contributed by atoms with Crippen LogP contribution in [-0.2, 0) is 35.2 Å². The van der Waals surface area contributed by atoms with E-state index < -0.39 is 66.2 Å². The zero-order valence-corrected chi connectivity index (χ0v) is 21.2. The second kappa shape index (κ2) is 16.2. The number of amides is 4. The van der Waals surface area contributed by atoms with Crippen LogP contribution in [0.4, 0.5) is 0 Å². The highest BCUT2D eigenvalue weighted by Gasteiger charge is 2.31. The quantitative estimate of drug-likeness (QED) is 0.122. The van der Waals surface area contributed by atoms with Gasteiger partial charge in [0, 0.05) is 6.42 Å². The van der Waals surface area contributed by atoms with Gasteiger partial charge in [0.05, 0.1) is 12.5 Å². The number of carboxylic acids is 2. The summed E-state index contributed by atoms with van der Waals surface area (Å²) in [7, 11) is 0. The molecule has 204 valence electrons. The third kappa shape index (κ3) is 12.2. The minimum Gasteiger partial charge on any atom is -0.481 e. The third-order valence-electron chi connectivity index (χ3n) is 5.18. The molecule has 1 aromatic rings. The maximum Gasteiger partial charge on any atom is 0.326 e. The number of carbonyl (C=O) groups excluding carboxylic acids is 4. The van der Waals surface area contributed by atoms with Crippen molar-refractivity contribution in [2.75, 3.05) is 12.0 Å². The van der Waals surface area contributed by atoms with Crippen molar-refractivity contribution in [2.24, 2.45) is 11.5 Å². The lowest BCUT2D eigenvalue weighted by molar-refractivity contribution is -0.147. The summed E-state index contributed by atoms with van der Waals surface area (Å²) in [6.07, 6.45) is 0.760. The molecule has 0 aliphatic heterocycles. The number of aliphatic carboxylic acids is 2. The smallest absolute Gasteiger partial charge is 0.326 e. The SMILES string of the molecule is CSCCC(NC(=O)C(CCC(N)=O)NC(=O)C(N)Cc1ccccc1)C(=O)NC(CC(=O)O)C(=O)O. The molecule has 4 unspecified atom stereocenters. The molecule has 0 spiro atoms. The normalized spacial score (nSPS) is 13.9. The maximum atomic E-state index is 13.0. The molecule has 14 heteroatoms. The van der Waals surface area contributed by atoms with E-state index in [0.717, 1.165) is 5.56 Å². The second-order valence-electron chi connectivity index (χ2n) is 8.20. The highest BCUT2D eigenvalue weighted by molar-refractivity contribution is 7.98. The summed E-state index contributed by atoms with van der Waals surface area (Å²) in [5.41, 5.74) is 12.0. The number of nitrogens with one attached hydrogen (secondary N) is 3. The molecule has 0 bridgehead atoms. The Morgan fingerprint density at radius 3 is 1.92 bits per heavy atom. The molecular formula is C23H33N5O8S. The molecule has 0 aliphatic rings. The molecule has 0 aromatic heterocycles. The van der Waals surface area contributed by atoms with E-state index in [1.54, 1.807) is 30.5 Å². The molecule has 9 N–H and O–H groups in total. The molecule has 0 saturated carbocycles. The maximum absolute atomic E-state index is 13.0. The fourth-order valence-electron chi connectivity index (χ4n) is 3.22. The van der Waals surface area contributed by atoms with Crippen molar-refractivity contribution < 1.29 is 39.0 Å². The summed E-state index contributed by atoms with van der Waals surface area (Å²) < 4.78 is 0. The number of hydrogen-bond donors (Lipinski definition) is 7. The minimum absolute atomic E-state index is 0.0855. The first-order valence-electron chi connectivity index (χ1n) is 11.4. The van der Waals surface area contributed by atoms with Crippen molar-refractivity contribution in [3.8, 4) is 0 Å². The Hall–Kier alpha value is -3.65. The van der Waals surface area contributed by atoms with Gasteiger partial charge >= 0.3 is 11.9 Å². The molecule has 0 heterocycles. The number of primary amides is 1. The first-order valence-corrected chi connectivity index (χ1v) is 12.8. The average molecular weight is 540 g/mol. The van der Waals surface area contributed by atoms with Gasteiger partial charge in [0.15, 0.2) is 0 Å². The highest BCUT2D eigenvalue weighted by atomic mass is 32.2. The van der Waals surface area contributed by atoms with Gasteiger partial charge in [-0.1, -0.05) is 30.3 Å². The van der Waals surface area contributed by atoms with Gasteiger partial charge in [-0.3, -0.25) is 24.0 Å². The number of thioether (sulfide) groups is 1. The van der Waals surface area contributed by atoms with Crippen molar-refractivity contribution in [2.45, 2.75) is 56.3 Å². The topological polar surface area (TPSA) is 231 Å². The Labute approximate surface area is 218 Å². The number of hydrogen-bond acceptors (Lipinski definition) is 8. The van der Waals surface area contributed by atoms with Crippen LogP contribution in [0, 0.1) is 0 Å². The van der Waals surface area contributed by atoms with Crippen LogP contribution >= 0.6 is 11.8 Å². The highest BCUT2D eigenvalue weighted by Crippen LogP contribution is 2.07. The molecule has 4 atom stereocenters. The Balaban J connectivity index is 2.98. The Morgan fingerprint density at radius 1 is 0.865 bits per heavy atom. The summed E-state index contributed by atoms with van der Waals surface area (Å²) >= 11 is 1.36. The van der Waals surface area contributed by atoms with Gasteiger partial charge in [-0.05, 0) is 36.8 Å². The van der Waals surface area contributed by atoms with Crippen molar-refractivity contribution >= 4 is 47.3 Å². The van der Waals surface area contributed by atoms with E-state index >= 15 is 0 Å². The lowest BCUT2D eigenvalue weighted by atomic mass is 10.0. The number of carbonyl (C=O) groups is 6. The van der Waals surface area contributed by atoms with Crippen molar-refractivity contribution in [3.05, 3.63) is 35.9 Å². The molecule has 4 amide bonds. The minimum atomic E-state index is -1.71. The van der Waals surface area contributed by atoms with E-state index in [1.807, 2.05) is 6.07 Å². The van der Waals surface area contributed by atoms with Gasteiger partial charge in [0.1, 0.15) is 18.1 Å². The van der Waals surface area contributed by atoms with Crippen LogP contribution in [0.5, 0.6) is 0 Å². The molecule has 0 saturated heterocycles.